The largest absolute Gasteiger partial charge is 0.490 e. The van der Waals surface area contributed by atoms with E-state index in [0.717, 1.165) is 58.0 Å². The Bertz CT molecular complexity index is 1110. The lowest BCUT2D eigenvalue weighted by Crippen LogP contribution is -2.22. The van der Waals surface area contributed by atoms with Gasteiger partial charge in [-0.25, -0.2) is 8.78 Å². The molecule has 0 N–H and O–H groups in total. The molecule has 0 aromatic heterocycles. The third kappa shape index (κ3) is 7.59. The van der Waals surface area contributed by atoms with Crippen LogP contribution in [0.3, 0.4) is 0 Å². The van der Waals surface area contributed by atoms with Gasteiger partial charge in [-0.3, -0.25) is 0 Å². The first-order valence-electron chi connectivity index (χ1n) is 14.9. The van der Waals surface area contributed by atoms with Crippen molar-refractivity contribution < 1.29 is 31.8 Å². The number of rotatable bonds is 13. The van der Waals surface area contributed by atoms with E-state index in [0.29, 0.717) is 30.4 Å². The minimum absolute atomic E-state index is 0.0112. The predicted molar refractivity (Wildman–Crippen MR) is 149 cm³/mol. The number of hydrogen-bond acceptors (Lipinski definition) is 3. The van der Waals surface area contributed by atoms with Crippen molar-refractivity contribution in [3.63, 3.8) is 0 Å². The van der Waals surface area contributed by atoms with Gasteiger partial charge in [0.05, 0.1) is 19.3 Å². The quantitative estimate of drug-likeness (QED) is 0.138. The molecule has 7 heteroatoms. The molecule has 0 bridgehead atoms. The van der Waals surface area contributed by atoms with Crippen molar-refractivity contribution in [3.8, 4) is 11.5 Å². The van der Waals surface area contributed by atoms with Gasteiger partial charge in [-0.05, 0) is 105 Å². The molecular formula is C33H42F4O3. The summed E-state index contributed by atoms with van der Waals surface area (Å²) in [4.78, 5) is 0. The van der Waals surface area contributed by atoms with Crippen LogP contribution in [-0.2, 0) is 4.74 Å². The van der Waals surface area contributed by atoms with Gasteiger partial charge in [0.1, 0.15) is 0 Å². The lowest BCUT2D eigenvalue weighted by atomic mass is 9.79. The molecule has 2 fully saturated rings. The van der Waals surface area contributed by atoms with Crippen LogP contribution in [0.1, 0.15) is 101 Å². The first-order valence-corrected chi connectivity index (χ1v) is 14.9. The predicted octanol–water partition coefficient (Wildman–Crippen LogP) is 9.39. The summed E-state index contributed by atoms with van der Waals surface area (Å²) >= 11 is 0. The highest BCUT2D eigenvalue weighted by Crippen LogP contribution is 2.40. The highest BCUT2D eigenvalue weighted by Gasteiger charge is 2.29. The van der Waals surface area contributed by atoms with E-state index < -0.39 is 23.3 Å². The Balaban J connectivity index is 1.26. The maximum Gasteiger partial charge on any atom is 0.200 e. The zero-order valence-electron chi connectivity index (χ0n) is 23.5. The van der Waals surface area contributed by atoms with Gasteiger partial charge in [-0.1, -0.05) is 31.6 Å². The minimum Gasteiger partial charge on any atom is -0.490 e. The summed E-state index contributed by atoms with van der Waals surface area (Å²) in [6, 6.07) is 6.30. The molecule has 0 radical (unpaired) electrons. The highest BCUT2D eigenvalue weighted by molar-refractivity contribution is 5.34. The number of benzene rings is 2. The molecule has 2 saturated carbocycles. The molecule has 220 valence electrons. The van der Waals surface area contributed by atoms with E-state index in [1.54, 1.807) is 24.3 Å². The third-order valence-corrected chi connectivity index (χ3v) is 8.46. The SMILES string of the molecule is C=CCCOc1ccc(C2CCC(COc3ccc(C4CCC(OCCCC)CC4)c(F)c3F)CC2)c(F)c1F. The fourth-order valence-corrected chi connectivity index (χ4v) is 5.98. The van der Waals surface area contributed by atoms with Crippen molar-refractivity contribution in [2.75, 3.05) is 19.8 Å². The van der Waals surface area contributed by atoms with Crippen molar-refractivity contribution >= 4 is 0 Å². The van der Waals surface area contributed by atoms with Gasteiger partial charge in [-0.2, -0.15) is 8.78 Å². The Labute approximate surface area is 235 Å². The third-order valence-electron chi connectivity index (χ3n) is 8.46. The molecular weight excluding hydrogens is 520 g/mol. The maximum atomic E-state index is 15.0. The standard InChI is InChI=1S/C33H42F4O3/c1-3-5-19-38-25-13-11-24(12-14-25)27-16-18-29(33(37)31(27)35)40-21-22-7-9-23(10-8-22)26-15-17-28(32(36)30(26)34)39-20-6-4-2/h4,15-18,22-25H,2-3,5-14,19-21H2,1H3. The molecule has 0 amide bonds. The first-order chi connectivity index (χ1) is 19.4. The van der Waals surface area contributed by atoms with Crippen molar-refractivity contribution in [1.82, 2.24) is 0 Å². The summed E-state index contributed by atoms with van der Waals surface area (Å²) in [6.45, 7) is 6.98. The van der Waals surface area contributed by atoms with Gasteiger partial charge in [0, 0.05) is 6.61 Å². The molecule has 2 aliphatic rings. The fraction of sp³-hybridized carbons (Fsp3) is 0.576. The Morgan fingerprint density at radius 2 is 1.27 bits per heavy atom. The lowest BCUT2D eigenvalue weighted by molar-refractivity contribution is 0.0230. The average molecular weight is 563 g/mol. The van der Waals surface area contributed by atoms with Crippen LogP contribution in [0.2, 0.25) is 0 Å². The molecule has 0 spiro atoms. The highest BCUT2D eigenvalue weighted by atomic mass is 19.2. The summed E-state index contributed by atoms with van der Waals surface area (Å²) in [5, 5.41) is 0. The van der Waals surface area contributed by atoms with Crippen molar-refractivity contribution in [1.29, 1.82) is 0 Å². The normalized spacial score (nSPS) is 23.1. The van der Waals surface area contributed by atoms with Gasteiger partial charge >= 0.3 is 0 Å². The number of unbranched alkanes of at least 4 members (excludes halogenated alkanes) is 1. The smallest absolute Gasteiger partial charge is 0.200 e. The Hall–Kier alpha value is -2.54. The molecule has 2 aromatic rings. The van der Waals surface area contributed by atoms with E-state index in [4.69, 9.17) is 14.2 Å². The first kappa shape index (κ1) is 30.4. The van der Waals surface area contributed by atoms with Crippen LogP contribution in [-0.4, -0.2) is 25.9 Å². The van der Waals surface area contributed by atoms with Gasteiger partial charge in [-0.15, -0.1) is 6.58 Å². The Morgan fingerprint density at radius 3 is 1.82 bits per heavy atom. The van der Waals surface area contributed by atoms with Crippen LogP contribution < -0.4 is 9.47 Å². The second-order valence-electron chi connectivity index (χ2n) is 11.2. The van der Waals surface area contributed by atoms with Gasteiger partial charge in [0.15, 0.2) is 23.1 Å². The molecule has 0 aliphatic heterocycles. The second kappa shape index (κ2) is 14.9. The minimum atomic E-state index is -0.957. The maximum absolute atomic E-state index is 15.0. The van der Waals surface area contributed by atoms with Gasteiger partial charge in [0.2, 0.25) is 11.6 Å². The van der Waals surface area contributed by atoms with E-state index in [1.807, 2.05) is 0 Å². The van der Waals surface area contributed by atoms with Crippen LogP contribution in [0.5, 0.6) is 11.5 Å². The molecule has 0 heterocycles. The van der Waals surface area contributed by atoms with Gasteiger partial charge < -0.3 is 14.2 Å². The molecule has 0 atom stereocenters. The number of halogens is 4. The monoisotopic (exact) mass is 562 g/mol. The number of hydrogen-bond donors (Lipinski definition) is 0. The molecule has 4 rings (SSSR count). The van der Waals surface area contributed by atoms with E-state index in [9.17, 15) is 13.2 Å². The average Bonchev–Trinajstić information content (AvgIpc) is 2.97. The summed E-state index contributed by atoms with van der Waals surface area (Å²) in [7, 11) is 0. The van der Waals surface area contributed by atoms with Crippen LogP contribution in [0.15, 0.2) is 36.9 Å². The fourth-order valence-electron chi connectivity index (χ4n) is 5.98. The Kier molecular flexibility index (Phi) is 11.3. The zero-order valence-corrected chi connectivity index (χ0v) is 23.5. The lowest BCUT2D eigenvalue weighted by Gasteiger charge is -2.30. The molecule has 0 saturated heterocycles. The van der Waals surface area contributed by atoms with E-state index in [2.05, 4.69) is 13.5 Å². The summed E-state index contributed by atoms with van der Waals surface area (Å²) < 4.78 is 76.2. The van der Waals surface area contributed by atoms with Crippen molar-refractivity contribution in [2.45, 2.75) is 95.5 Å². The van der Waals surface area contributed by atoms with Crippen molar-refractivity contribution in [2.24, 2.45) is 5.92 Å². The topological polar surface area (TPSA) is 27.7 Å². The molecule has 2 aliphatic carbocycles. The Morgan fingerprint density at radius 1 is 0.725 bits per heavy atom. The van der Waals surface area contributed by atoms with Crippen LogP contribution in [0.25, 0.3) is 0 Å². The molecule has 0 unspecified atom stereocenters. The zero-order chi connectivity index (χ0) is 28.5. The second-order valence-corrected chi connectivity index (χ2v) is 11.2. The van der Waals surface area contributed by atoms with Crippen LogP contribution in [0.4, 0.5) is 17.6 Å². The molecule has 2 aromatic carbocycles. The summed E-state index contributed by atoms with van der Waals surface area (Å²) in [5.74, 6) is -3.69. The van der Waals surface area contributed by atoms with Crippen LogP contribution >= 0.6 is 0 Å². The van der Waals surface area contributed by atoms with E-state index >= 15 is 4.39 Å². The van der Waals surface area contributed by atoms with Crippen LogP contribution in [0, 0.1) is 29.2 Å². The van der Waals surface area contributed by atoms with Gasteiger partial charge in [0.25, 0.3) is 0 Å². The summed E-state index contributed by atoms with van der Waals surface area (Å²) in [6.07, 6.45) is 10.6. The molecule has 40 heavy (non-hydrogen) atoms. The summed E-state index contributed by atoms with van der Waals surface area (Å²) in [5.41, 5.74) is 0.780. The number of ether oxygens (including phenoxy) is 3. The molecule has 3 nitrogen and oxygen atoms in total. The van der Waals surface area contributed by atoms with E-state index in [1.165, 1.54) is 6.07 Å². The van der Waals surface area contributed by atoms with Crippen molar-refractivity contribution in [3.05, 3.63) is 71.3 Å². The van der Waals surface area contributed by atoms with E-state index in [-0.39, 0.29) is 48.6 Å².